The highest BCUT2D eigenvalue weighted by atomic mass is 32.2. The standard InChI is InChI=1S/C12H15FOS/c1-8(2)7-15-11-6-4-5-10(13)12(11)9(3)14/h4-6,8H,7H2,1-3H3. The highest BCUT2D eigenvalue weighted by molar-refractivity contribution is 7.99. The average Bonchev–Trinajstić information content (AvgIpc) is 2.13. The second-order valence-electron chi connectivity index (χ2n) is 3.87. The molecule has 0 N–H and O–H groups in total. The van der Waals surface area contributed by atoms with E-state index in [4.69, 9.17) is 0 Å². The predicted molar refractivity (Wildman–Crippen MR) is 62.0 cm³/mol. The van der Waals surface area contributed by atoms with Crippen molar-refractivity contribution in [2.24, 2.45) is 5.92 Å². The first kappa shape index (κ1) is 12.2. The number of ketones is 1. The quantitative estimate of drug-likeness (QED) is 0.574. The molecule has 0 aromatic heterocycles. The van der Waals surface area contributed by atoms with Crippen molar-refractivity contribution in [1.82, 2.24) is 0 Å². The van der Waals surface area contributed by atoms with Crippen LogP contribution in [0, 0.1) is 11.7 Å². The van der Waals surface area contributed by atoms with Crippen molar-refractivity contribution in [2.75, 3.05) is 5.75 Å². The molecule has 0 fully saturated rings. The number of carbonyl (C=O) groups excluding carboxylic acids is 1. The van der Waals surface area contributed by atoms with Crippen molar-refractivity contribution < 1.29 is 9.18 Å². The second-order valence-corrected chi connectivity index (χ2v) is 4.94. The van der Waals surface area contributed by atoms with Crippen LogP contribution in [-0.2, 0) is 0 Å². The van der Waals surface area contributed by atoms with Crippen LogP contribution in [0.2, 0.25) is 0 Å². The smallest absolute Gasteiger partial charge is 0.163 e. The van der Waals surface area contributed by atoms with E-state index < -0.39 is 5.82 Å². The SMILES string of the molecule is CC(=O)c1c(F)cccc1SCC(C)C. The van der Waals surface area contributed by atoms with Crippen LogP contribution in [0.25, 0.3) is 0 Å². The third kappa shape index (κ3) is 3.34. The second kappa shape index (κ2) is 5.31. The molecule has 0 heterocycles. The van der Waals surface area contributed by atoms with Crippen molar-refractivity contribution in [2.45, 2.75) is 25.7 Å². The molecule has 15 heavy (non-hydrogen) atoms. The summed E-state index contributed by atoms with van der Waals surface area (Å²) in [7, 11) is 0. The molecule has 1 aromatic rings. The van der Waals surface area contributed by atoms with E-state index in [0.29, 0.717) is 5.92 Å². The maximum atomic E-state index is 13.4. The molecule has 0 bridgehead atoms. The van der Waals surface area contributed by atoms with Gasteiger partial charge in [-0.3, -0.25) is 4.79 Å². The lowest BCUT2D eigenvalue weighted by atomic mass is 10.1. The largest absolute Gasteiger partial charge is 0.294 e. The predicted octanol–water partition coefficient (Wildman–Crippen LogP) is 3.78. The lowest BCUT2D eigenvalue weighted by Gasteiger charge is -2.08. The normalized spacial score (nSPS) is 10.7. The molecule has 0 saturated carbocycles. The van der Waals surface area contributed by atoms with Crippen LogP contribution in [0.1, 0.15) is 31.1 Å². The van der Waals surface area contributed by atoms with Gasteiger partial charge in [0.25, 0.3) is 0 Å². The van der Waals surface area contributed by atoms with Crippen LogP contribution < -0.4 is 0 Å². The lowest BCUT2D eigenvalue weighted by Crippen LogP contribution is -2.01. The Kier molecular flexibility index (Phi) is 4.33. The Balaban J connectivity index is 2.96. The zero-order valence-corrected chi connectivity index (χ0v) is 10.0. The van der Waals surface area contributed by atoms with E-state index in [9.17, 15) is 9.18 Å². The van der Waals surface area contributed by atoms with Crippen molar-refractivity contribution in [1.29, 1.82) is 0 Å². The Bertz CT molecular complexity index is 361. The van der Waals surface area contributed by atoms with Crippen LogP contribution >= 0.6 is 11.8 Å². The summed E-state index contributed by atoms with van der Waals surface area (Å²) in [6, 6.07) is 4.77. The third-order valence-corrected chi connectivity index (χ3v) is 3.38. The third-order valence-electron chi connectivity index (χ3n) is 1.90. The fourth-order valence-electron chi connectivity index (χ4n) is 1.22. The van der Waals surface area contributed by atoms with E-state index in [0.717, 1.165) is 10.6 Å². The molecule has 0 aliphatic rings. The van der Waals surface area contributed by atoms with Crippen molar-refractivity contribution >= 4 is 17.5 Å². The summed E-state index contributed by atoms with van der Waals surface area (Å²) in [6.45, 7) is 5.59. The van der Waals surface area contributed by atoms with E-state index in [2.05, 4.69) is 13.8 Å². The topological polar surface area (TPSA) is 17.1 Å². The number of benzene rings is 1. The minimum atomic E-state index is -0.420. The molecular weight excluding hydrogens is 211 g/mol. The van der Waals surface area contributed by atoms with Gasteiger partial charge in [0.2, 0.25) is 0 Å². The Hall–Kier alpha value is -0.830. The van der Waals surface area contributed by atoms with Crippen molar-refractivity contribution in [3.05, 3.63) is 29.6 Å². The fourth-order valence-corrected chi connectivity index (χ4v) is 2.30. The number of carbonyl (C=O) groups is 1. The van der Waals surface area contributed by atoms with Gasteiger partial charge >= 0.3 is 0 Å². The van der Waals surface area contributed by atoms with E-state index in [1.165, 1.54) is 24.8 Å². The molecule has 0 aliphatic heterocycles. The zero-order valence-electron chi connectivity index (χ0n) is 9.21. The highest BCUT2D eigenvalue weighted by Gasteiger charge is 2.13. The monoisotopic (exact) mass is 226 g/mol. The molecule has 0 spiro atoms. The maximum Gasteiger partial charge on any atom is 0.163 e. The fraction of sp³-hybridized carbons (Fsp3) is 0.417. The molecule has 3 heteroatoms. The Morgan fingerprint density at radius 1 is 1.47 bits per heavy atom. The first-order chi connectivity index (χ1) is 7.02. The van der Waals surface area contributed by atoms with Crippen LogP contribution in [0.5, 0.6) is 0 Å². The van der Waals surface area contributed by atoms with Gasteiger partial charge in [0, 0.05) is 10.6 Å². The average molecular weight is 226 g/mol. The summed E-state index contributed by atoms with van der Waals surface area (Å²) in [5, 5.41) is 0. The van der Waals surface area contributed by atoms with Gasteiger partial charge in [-0.25, -0.2) is 4.39 Å². The molecule has 0 atom stereocenters. The zero-order chi connectivity index (χ0) is 11.4. The molecule has 0 amide bonds. The summed E-state index contributed by atoms with van der Waals surface area (Å²) >= 11 is 1.54. The molecular formula is C12H15FOS. The van der Waals surface area contributed by atoms with E-state index in [1.807, 2.05) is 0 Å². The van der Waals surface area contributed by atoms with Gasteiger partial charge < -0.3 is 0 Å². The molecule has 0 unspecified atom stereocenters. The molecule has 1 nitrogen and oxygen atoms in total. The van der Waals surface area contributed by atoms with Gasteiger partial charge in [-0.15, -0.1) is 11.8 Å². The van der Waals surface area contributed by atoms with Gasteiger partial charge in [-0.05, 0) is 25.0 Å². The Morgan fingerprint density at radius 3 is 2.67 bits per heavy atom. The molecule has 1 rings (SSSR count). The summed E-state index contributed by atoms with van der Waals surface area (Å²) < 4.78 is 13.4. The van der Waals surface area contributed by atoms with Crippen molar-refractivity contribution in [3.8, 4) is 0 Å². The van der Waals surface area contributed by atoms with Crippen LogP contribution in [-0.4, -0.2) is 11.5 Å². The van der Waals surface area contributed by atoms with Crippen LogP contribution in [0.3, 0.4) is 0 Å². The Morgan fingerprint density at radius 2 is 2.13 bits per heavy atom. The summed E-state index contributed by atoms with van der Waals surface area (Å²) in [6.07, 6.45) is 0. The number of rotatable bonds is 4. The summed E-state index contributed by atoms with van der Waals surface area (Å²) in [4.78, 5) is 12.0. The van der Waals surface area contributed by atoms with Gasteiger partial charge in [0.05, 0.1) is 5.56 Å². The molecule has 0 radical (unpaired) electrons. The van der Waals surface area contributed by atoms with Crippen molar-refractivity contribution in [3.63, 3.8) is 0 Å². The molecule has 1 aromatic carbocycles. The van der Waals surface area contributed by atoms with Crippen LogP contribution in [0.15, 0.2) is 23.1 Å². The first-order valence-corrected chi connectivity index (χ1v) is 5.93. The number of hydrogen-bond donors (Lipinski definition) is 0. The Labute approximate surface area is 94.1 Å². The van der Waals surface area contributed by atoms with Gasteiger partial charge in [0.15, 0.2) is 5.78 Å². The number of hydrogen-bond acceptors (Lipinski definition) is 2. The van der Waals surface area contributed by atoms with E-state index in [1.54, 1.807) is 12.1 Å². The maximum absolute atomic E-state index is 13.4. The summed E-state index contributed by atoms with van der Waals surface area (Å²) in [5.41, 5.74) is 0.225. The van der Waals surface area contributed by atoms with Gasteiger partial charge in [-0.2, -0.15) is 0 Å². The number of thioether (sulfide) groups is 1. The minimum absolute atomic E-state index is 0.209. The summed E-state index contributed by atoms with van der Waals surface area (Å²) in [5.74, 6) is 0.790. The van der Waals surface area contributed by atoms with E-state index >= 15 is 0 Å². The first-order valence-electron chi connectivity index (χ1n) is 4.94. The van der Waals surface area contributed by atoms with E-state index in [-0.39, 0.29) is 11.3 Å². The highest BCUT2D eigenvalue weighted by Crippen LogP contribution is 2.26. The number of halogens is 1. The van der Waals surface area contributed by atoms with Gasteiger partial charge in [-0.1, -0.05) is 19.9 Å². The molecule has 0 aliphatic carbocycles. The molecule has 0 saturated heterocycles. The molecule has 82 valence electrons. The minimum Gasteiger partial charge on any atom is -0.294 e. The van der Waals surface area contributed by atoms with Crippen LogP contribution in [0.4, 0.5) is 4.39 Å². The number of Topliss-reactive ketones (excluding diaryl/α,β-unsaturated/α-hetero) is 1. The lowest BCUT2D eigenvalue weighted by molar-refractivity contribution is 0.101. The van der Waals surface area contributed by atoms with Gasteiger partial charge in [0.1, 0.15) is 5.82 Å².